The summed E-state index contributed by atoms with van der Waals surface area (Å²) < 4.78 is 17.7. The maximum Gasteiger partial charge on any atom is 0.269 e. The summed E-state index contributed by atoms with van der Waals surface area (Å²) in [6.07, 6.45) is 0. The van der Waals surface area contributed by atoms with Crippen molar-refractivity contribution in [1.29, 1.82) is 0 Å². The lowest BCUT2D eigenvalue weighted by molar-refractivity contribution is 0.293. The molecule has 0 atom stereocenters. The first-order valence-electron chi connectivity index (χ1n) is 10.6. The molecule has 0 aliphatic carbocycles. The highest BCUT2D eigenvalue weighted by Gasteiger charge is 2.13. The van der Waals surface area contributed by atoms with E-state index >= 15 is 0 Å². The van der Waals surface area contributed by atoms with E-state index < -0.39 is 0 Å². The number of aromatic amines is 1. The Bertz CT molecular complexity index is 1580. The van der Waals surface area contributed by atoms with Crippen LogP contribution in [-0.2, 0) is 13.2 Å². The molecule has 3 heterocycles. The molecule has 0 unspecified atom stereocenters. The molecular weight excluding hydrogens is 432 g/mol. The summed E-state index contributed by atoms with van der Waals surface area (Å²) in [5.74, 6) is 2.02. The van der Waals surface area contributed by atoms with Crippen molar-refractivity contribution in [2.24, 2.45) is 0 Å². The largest absolute Gasteiger partial charge is 0.489 e. The number of rotatable bonds is 7. The van der Waals surface area contributed by atoms with E-state index in [-0.39, 0.29) is 0 Å². The van der Waals surface area contributed by atoms with Gasteiger partial charge in [-0.15, -0.1) is 10.2 Å². The number of H-pyrrole nitrogens is 1. The Balaban J connectivity index is 1.11. The van der Waals surface area contributed by atoms with E-state index in [4.69, 9.17) is 13.9 Å². The number of nitrogens with one attached hydrogen (secondary N) is 1. The minimum atomic E-state index is 0.298. The average molecular weight is 450 g/mol. The van der Waals surface area contributed by atoms with E-state index in [1.807, 2.05) is 66.7 Å². The molecule has 0 aliphatic heterocycles. The molecule has 9 nitrogen and oxygen atoms in total. The first-order valence-corrected chi connectivity index (χ1v) is 10.6. The summed E-state index contributed by atoms with van der Waals surface area (Å²) in [6.45, 7) is 0.767. The number of aromatic nitrogens is 6. The lowest BCUT2D eigenvalue weighted by atomic mass is 10.2. The number of ether oxygens (including phenoxy) is 2. The normalized spacial score (nSPS) is 11.2. The first-order chi connectivity index (χ1) is 16.8. The number of benzene rings is 3. The number of nitrogens with zero attached hydrogens (tertiary/aromatic N) is 5. The van der Waals surface area contributed by atoms with Gasteiger partial charge in [0.25, 0.3) is 11.7 Å². The Morgan fingerprint density at radius 3 is 2.62 bits per heavy atom. The SMILES string of the molecule is c1cc(COc2ccc3nc(-c4nn[nH]n4)oc3c2)cc(OCc2ccc3ccccc3n2)c1. The van der Waals surface area contributed by atoms with E-state index in [1.165, 1.54) is 0 Å². The van der Waals surface area contributed by atoms with Gasteiger partial charge in [0.05, 0.1) is 11.2 Å². The van der Waals surface area contributed by atoms with Crippen LogP contribution >= 0.6 is 0 Å². The highest BCUT2D eigenvalue weighted by atomic mass is 16.5. The number of hydrogen-bond acceptors (Lipinski definition) is 8. The van der Waals surface area contributed by atoms with Crippen LogP contribution in [0.3, 0.4) is 0 Å². The number of tetrazole rings is 1. The quantitative estimate of drug-likeness (QED) is 0.372. The molecule has 3 aromatic heterocycles. The Labute approximate surface area is 193 Å². The Morgan fingerprint density at radius 1 is 0.765 bits per heavy atom. The van der Waals surface area contributed by atoms with Crippen molar-refractivity contribution in [3.63, 3.8) is 0 Å². The molecule has 34 heavy (non-hydrogen) atoms. The monoisotopic (exact) mass is 450 g/mol. The molecule has 0 fully saturated rings. The number of oxazole rings is 1. The lowest BCUT2D eigenvalue weighted by Crippen LogP contribution is -2.00. The number of hydrogen-bond donors (Lipinski definition) is 1. The molecule has 0 amide bonds. The van der Waals surface area contributed by atoms with Crippen LogP contribution < -0.4 is 9.47 Å². The van der Waals surface area contributed by atoms with Crippen LogP contribution in [-0.4, -0.2) is 30.6 Å². The van der Waals surface area contributed by atoms with Gasteiger partial charge in [0.1, 0.15) is 30.2 Å². The first kappa shape index (κ1) is 19.9. The summed E-state index contributed by atoms with van der Waals surface area (Å²) in [5, 5.41) is 14.8. The summed E-state index contributed by atoms with van der Waals surface area (Å²) in [7, 11) is 0. The maximum atomic E-state index is 5.97. The van der Waals surface area contributed by atoms with Gasteiger partial charge < -0.3 is 13.9 Å². The van der Waals surface area contributed by atoms with Gasteiger partial charge in [-0.2, -0.15) is 5.21 Å². The molecule has 0 aliphatic rings. The van der Waals surface area contributed by atoms with Crippen LogP contribution in [0.2, 0.25) is 0 Å². The van der Waals surface area contributed by atoms with Gasteiger partial charge in [0, 0.05) is 11.5 Å². The van der Waals surface area contributed by atoms with Gasteiger partial charge in [-0.1, -0.05) is 36.4 Å². The standard InChI is InChI=1S/C25H18N6O3/c1-2-7-21-17(5-1)8-9-18(26-21)15-33-19-6-3-4-16(12-19)14-32-20-10-11-22-23(13-20)34-25(27-22)24-28-30-31-29-24/h1-13H,14-15H2,(H,28,29,30,31). The molecule has 6 rings (SSSR count). The second kappa shape index (κ2) is 8.62. The highest BCUT2D eigenvalue weighted by Crippen LogP contribution is 2.26. The van der Waals surface area contributed by atoms with Gasteiger partial charge >= 0.3 is 0 Å². The number of pyridine rings is 1. The van der Waals surface area contributed by atoms with Crippen LogP contribution in [0.5, 0.6) is 11.5 Å². The summed E-state index contributed by atoms with van der Waals surface area (Å²) in [5.41, 5.74) is 4.08. The van der Waals surface area contributed by atoms with Crippen molar-refractivity contribution in [2.45, 2.75) is 13.2 Å². The smallest absolute Gasteiger partial charge is 0.269 e. The number of para-hydroxylation sites is 1. The summed E-state index contributed by atoms with van der Waals surface area (Å²) >= 11 is 0. The molecule has 0 saturated carbocycles. The topological polar surface area (TPSA) is 112 Å². The Kier molecular flexibility index (Phi) is 5.04. The Morgan fingerprint density at radius 2 is 1.68 bits per heavy atom. The van der Waals surface area contributed by atoms with Crippen LogP contribution in [0.15, 0.2) is 83.3 Å². The predicted octanol–water partition coefficient (Wildman–Crippen LogP) is 4.71. The third kappa shape index (κ3) is 4.14. The third-order valence-corrected chi connectivity index (χ3v) is 5.24. The fourth-order valence-electron chi connectivity index (χ4n) is 3.58. The third-order valence-electron chi connectivity index (χ3n) is 5.24. The van der Waals surface area contributed by atoms with Crippen LogP contribution in [0.25, 0.3) is 33.7 Å². The number of fused-ring (bicyclic) bond motifs is 2. The zero-order valence-corrected chi connectivity index (χ0v) is 17.9. The minimum Gasteiger partial charge on any atom is -0.489 e. The van der Waals surface area contributed by atoms with Crippen LogP contribution in [0.4, 0.5) is 0 Å². The van der Waals surface area contributed by atoms with Gasteiger partial charge in [0.15, 0.2) is 5.58 Å². The highest BCUT2D eigenvalue weighted by molar-refractivity contribution is 5.78. The molecule has 3 aromatic carbocycles. The lowest BCUT2D eigenvalue weighted by Gasteiger charge is -2.10. The van der Waals surface area contributed by atoms with Crippen LogP contribution in [0, 0.1) is 0 Å². The molecular formula is C25H18N6O3. The van der Waals surface area contributed by atoms with Gasteiger partial charge in [-0.3, -0.25) is 0 Å². The van der Waals surface area contributed by atoms with Crippen molar-refractivity contribution in [1.82, 2.24) is 30.6 Å². The fraction of sp³-hybridized carbons (Fsp3) is 0.0800. The molecule has 0 saturated heterocycles. The van der Waals surface area contributed by atoms with E-state index in [1.54, 1.807) is 6.07 Å². The summed E-state index contributed by atoms with van der Waals surface area (Å²) in [4.78, 5) is 9.01. The molecule has 166 valence electrons. The molecule has 0 bridgehead atoms. The van der Waals surface area contributed by atoms with E-state index in [9.17, 15) is 0 Å². The second-order valence-corrected chi connectivity index (χ2v) is 7.60. The van der Waals surface area contributed by atoms with Gasteiger partial charge in [0.2, 0.25) is 0 Å². The fourth-order valence-corrected chi connectivity index (χ4v) is 3.58. The minimum absolute atomic E-state index is 0.298. The van der Waals surface area contributed by atoms with Crippen LogP contribution in [0.1, 0.15) is 11.3 Å². The molecule has 0 radical (unpaired) electrons. The van der Waals surface area contributed by atoms with Crippen molar-refractivity contribution in [2.75, 3.05) is 0 Å². The average Bonchev–Trinajstić information content (AvgIpc) is 3.56. The predicted molar refractivity (Wildman–Crippen MR) is 124 cm³/mol. The zero-order chi connectivity index (χ0) is 22.7. The molecule has 6 aromatic rings. The van der Waals surface area contributed by atoms with E-state index in [0.717, 1.165) is 27.9 Å². The zero-order valence-electron chi connectivity index (χ0n) is 17.9. The molecule has 9 heteroatoms. The van der Waals surface area contributed by atoms with Gasteiger partial charge in [-0.25, -0.2) is 9.97 Å². The summed E-state index contributed by atoms with van der Waals surface area (Å²) in [6, 6.07) is 25.3. The van der Waals surface area contributed by atoms with E-state index in [2.05, 4.69) is 36.7 Å². The van der Waals surface area contributed by atoms with Crippen molar-refractivity contribution in [3.05, 3.63) is 90.1 Å². The van der Waals surface area contributed by atoms with Crippen molar-refractivity contribution in [3.8, 4) is 23.2 Å². The Hall–Kier alpha value is -4.79. The maximum absolute atomic E-state index is 5.97. The molecule has 0 spiro atoms. The van der Waals surface area contributed by atoms with Crippen molar-refractivity contribution >= 4 is 22.0 Å². The van der Waals surface area contributed by atoms with Gasteiger partial charge in [-0.05, 0) is 47.2 Å². The van der Waals surface area contributed by atoms with Crippen molar-refractivity contribution < 1.29 is 13.9 Å². The molecule has 1 N–H and O–H groups in total. The van der Waals surface area contributed by atoms with E-state index in [0.29, 0.717) is 41.8 Å². The second-order valence-electron chi connectivity index (χ2n) is 7.60.